The van der Waals surface area contributed by atoms with Crippen LogP contribution >= 0.6 is 15.9 Å². The van der Waals surface area contributed by atoms with Crippen molar-refractivity contribution in [3.05, 3.63) is 69.9 Å². The van der Waals surface area contributed by atoms with Gasteiger partial charge in [-0.1, -0.05) is 30.3 Å². The molecule has 0 aliphatic heterocycles. The molecule has 0 saturated heterocycles. The third kappa shape index (κ3) is 3.41. The summed E-state index contributed by atoms with van der Waals surface area (Å²) >= 11 is 3.07. The Kier molecular flexibility index (Phi) is 4.32. The molecule has 0 saturated carbocycles. The summed E-state index contributed by atoms with van der Waals surface area (Å²) in [5.74, 6) is -0.607. The van der Waals surface area contributed by atoms with Gasteiger partial charge in [0.1, 0.15) is 5.82 Å². The molecule has 1 atom stereocenters. The topological polar surface area (TPSA) is 29.1 Å². The van der Waals surface area contributed by atoms with Crippen LogP contribution in [0.5, 0.6) is 0 Å². The average molecular weight is 322 g/mol. The van der Waals surface area contributed by atoms with E-state index in [0.29, 0.717) is 5.56 Å². The van der Waals surface area contributed by atoms with Gasteiger partial charge in [-0.3, -0.25) is 4.79 Å². The molecule has 2 nitrogen and oxygen atoms in total. The summed E-state index contributed by atoms with van der Waals surface area (Å²) in [6.45, 7) is 1.91. The number of hydrogen-bond acceptors (Lipinski definition) is 1. The molecule has 2 aromatic carbocycles. The van der Waals surface area contributed by atoms with Crippen LogP contribution in [0.15, 0.2) is 53.0 Å². The molecule has 0 aromatic heterocycles. The van der Waals surface area contributed by atoms with Crippen LogP contribution in [0.25, 0.3) is 0 Å². The first-order valence-electron chi connectivity index (χ1n) is 5.89. The maximum atomic E-state index is 13.1. The quantitative estimate of drug-likeness (QED) is 0.906. The molecule has 2 aromatic rings. The van der Waals surface area contributed by atoms with Crippen LogP contribution < -0.4 is 5.32 Å². The molecule has 2 rings (SSSR count). The molecule has 0 fully saturated rings. The summed E-state index contributed by atoms with van der Waals surface area (Å²) < 4.78 is 13.4. The van der Waals surface area contributed by atoms with Crippen molar-refractivity contribution in [2.75, 3.05) is 0 Å². The van der Waals surface area contributed by atoms with Crippen molar-refractivity contribution < 1.29 is 9.18 Å². The summed E-state index contributed by atoms with van der Waals surface area (Å²) in [7, 11) is 0. The Morgan fingerprint density at radius 3 is 2.53 bits per heavy atom. The van der Waals surface area contributed by atoms with Gasteiger partial charge in [0.25, 0.3) is 5.91 Å². The van der Waals surface area contributed by atoms with Crippen molar-refractivity contribution in [1.82, 2.24) is 5.32 Å². The number of carbonyl (C=O) groups is 1. The van der Waals surface area contributed by atoms with Crippen molar-refractivity contribution in [2.24, 2.45) is 0 Å². The zero-order chi connectivity index (χ0) is 13.8. The zero-order valence-electron chi connectivity index (χ0n) is 10.4. The number of amides is 1. The van der Waals surface area contributed by atoms with Crippen molar-refractivity contribution >= 4 is 21.8 Å². The Bertz CT molecular complexity index is 586. The second kappa shape index (κ2) is 5.97. The Morgan fingerprint density at radius 2 is 1.89 bits per heavy atom. The number of carbonyl (C=O) groups excluding carboxylic acids is 1. The molecular formula is C15H13BrFNO. The summed E-state index contributed by atoms with van der Waals surface area (Å²) in [6, 6.07) is 13.8. The highest BCUT2D eigenvalue weighted by molar-refractivity contribution is 9.10. The van der Waals surface area contributed by atoms with E-state index >= 15 is 0 Å². The van der Waals surface area contributed by atoms with Gasteiger partial charge < -0.3 is 5.32 Å². The molecule has 0 spiro atoms. The third-order valence-electron chi connectivity index (χ3n) is 2.83. The van der Waals surface area contributed by atoms with Crippen molar-refractivity contribution in [1.29, 1.82) is 0 Å². The largest absolute Gasteiger partial charge is 0.346 e. The van der Waals surface area contributed by atoms with Gasteiger partial charge in [0, 0.05) is 5.56 Å². The molecule has 19 heavy (non-hydrogen) atoms. The fourth-order valence-corrected chi connectivity index (χ4v) is 2.12. The number of halogens is 2. The van der Waals surface area contributed by atoms with E-state index in [1.165, 1.54) is 18.2 Å². The van der Waals surface area contributed by atoms with E-state index in [2.05, 4.69) is 21.2 Å². The van der Waals surface area contributed by atoms with Crippen molar-refractivity contribution in [3.63, 3.8) is 0 Å². The van der Waals surface area contributed by atoms with Crippen LogP contribution in [0.3, 0.4) is 0 Å². The SMILES string of the molecule is CC(NC(=O)c1ccc(F)c(Br)c1)c1ccccc1. The molecule has 1 N–H and O–H groups in total. The van der Waals surface area contributed by atoms with Gasteiger partial charge in [-0.15, -0.1) is 0 Å². The highest BCUT2D eigenvalue weighted by atomic mass is 79.9. The Hall–Kier alpha value is -1.68. The van der Waals surface area contributed by atoms with Gasteiger partial charge in [-0.2, -0.15) is 0 Å². The maximum absolute atomic E-state index is 13.1. The van der Waals surface area contributed by atoms with E-state index in [1.807, 2.05) is 37.3 Å². The van der Waals surface area contributed by atoms with Gasteiger partial charge in [-0.25, -0.2) is 4.39 Å². The van der Waals surface area contributed by atoms with E-state index in [0.717, 1.165) is 5.56 Å². The maximum Gasteiger partial charge on any atom is 0.251 e. The monoisotopic (exact) mass is 321 g/mol. The summed E-state index contributed by atoms with van der Waals surface area (Å²) in [6.07, 6.45) is 0. The second-order valence-electron chi connectivity index (χ2n) is 4.23. The summed E-state index contributed by atoms with van der Waals surface area (Å²) in [5.41, 5.74) is 1.45. The fourth-order valence-electron chi connectivity index (χ4n) is 1.74. The lowest BCUT2D eigenvalue weighted by Crippen LogP contribution is -2.26. The van der Waals surface area contributed by atoms with E-state index < -0.39 is 0 Å². The minimum atomic E-state index is -0.382. The second-order valence-corrected chi connectivity index (χ2v) is 5.09. The molecule has 0 bridgehead atoms. The third-order valence-corrected chi connectivity index (χ3v) is 3.44. The van der Waals surface area contributed by atoms with E-state index in [4.69, 9.17) is 0 Å². The Labute approximate surface area is 119 Å². The lowest BCUT2D eigenvalue weighted by atomic mass is 10.1. The van der Waals surface area contributed by atoms with Crippen LogP contribution in [-0.2, 0) is 0 Å². The molecule has 0 aliphatic rings. The van der Waals surface area contributed by atoms with E-state index in [1.54, 1.807) is 0 Å². The molecular weight excluding hydrogens is 309 g/mol. The summed E-state index contributed by atoms with van der Waals surface area (Å²) in [4.78, 5) is 12.0. The molecule has 0 radical (unpaired) electrons. The van der Waals surface area contributed by atoms with Crippen molar-refractivity contribution in [3.8, 4) is 0 Å². The Balaban J connectivity index is 2.11. The lowest BCUT2D eigenvalue weighted by Gasteiger charge is -2.14. The number of hydrogen-bond donors (Lipinski definition) is 1. The predicted molar refractivity (Wildman–Crippen MR) is 76.4 cm³/mol. The summed E-state index contributed by atoms with van der Waals surface area (Å²) in [5, 5.41) is 2.88. The van der Waals surface area contributed by atoms with Crippen LogP contribution in [0, 0.1) is 5.82 Å². The average Bonchev–Trinajstić information content (AvgIpc) is 2.42. The molecule has 0 aliphatic carbocycles. The van der Waals surface area contributed by atoms with E-state index in [-0.39, 0.29) is 22.2 Å². The molecule has 0 heterocycles. The highest BCUT2D eigenvalue weighted by Crippen LogP contribution is 2.18. The molecule has 4 heteroatoms. The van der Waals surface area contributed by atoms with Crippen LogP contribution in [-0.4, -0.2) is 5.91 Å². The van der Waals surface area contributed by atoms with Gasteiger partial charge in [-0.05, 0) is 46.6 Å². The first kappa shape index (κ1) is 13.7. The van der Waals surface area contributed by atoms with E-state index in [9.17, 15) is 9.18 Å². The highest BCUT2D eigenvalue weighted by Gasteiger charge is 2.12. The fraction of sp³-hybridized carbons (Fsp3) is 0.133. The van der Waals surface area contributed by atoms with Crippen molar-refractivity contribution in [2.45, 2.75) is 13.0 Å². The van der Waals surface area contributed by atoms with Gasteiger partial charge in [0.2, 0.25) is 0 Å². The Morgan fingerprint density at radius 1 is 1.21 bits per heavy atom. The normalized spacial score (nSPS) is 11.9. The predicted octanol–water partition coefficient (Wildman–Crippen LogP) is 4.08. The minimum absolute atomic E-state index is 0.0995. The van der Waals surface area contributed by atoms with Crippen LogP contribution in [0.1, 0.15) is 28.9 Å². The number of nitrogens with one attached hydrogen (secondary N) is 1. The standard InChI is InChI=1S/C15H13BrFNO/c1-10(11-5-3-2-4-6-11)18-15(19)12-7-8-14(17)13(16)9-12/h2-10H,1H3,(H,18,19). The van der Waals surface area contributed by atoms with Gasteiger partial charge in [0.05, 0.1) is 10.5 Å². The van der Waals surface area contributed by atoms with Gasteiger partial charge in [0.15, 0.2) is 0 Å². The molecule has 98 valence electrons. The molecule has 1 unspecified atom stereocenters. The van der Waals surface area contributed by atoms with Crippen LogP contribution in [0.2, 0.25) is 0 Å². The number of rotatable bonds is 3. The zero-order valence-corrected chi connectivity index (χ0v) is 11.9. The first-order valence-corrected chi connectivity index (χ1v) is 6.68. The number of benzene rings is 2. The first-order chi connectivity index (χ1) is 9.08. The van der Waals surface area contributed by atoms with Crippen LogP contribution in [0.4, 0.5) is 4.39 Å². The minimum Gasteiger partial charge on any atom is -0.346 e. The molecule has 1 amide bonds. The smallest absolute Gasteiger partial charge is 0.251 e. The lowest BCUT2D eigenvalue weighted by molar-refractivity contribution is 0.0940. The van der Waals surface area contributed by atoms with Gasteiger partial charge >= 0.3 is 0 Å².